The minimum Gasteiger partial charge on any atom is -0.496 e. The Morgan fingerprint density at radius 1 is 1.03 bits per heavy atom. The third kappa shape index (κ3) is 5.08. The van der Waals surface area contributed by atoms with Crippen LogP contribution in [0.2, 0.25) is 0 Å². The minimum absolute atomic E-state index is 0.0306. The maximum atomic E-state index is 14.6. The number of amides is 1. The number of carbonyl (C=O) groups is 1. The Hall–Kier alpha value is -3.39. The van der Waals surface area contributed by atoms with Crippen molar-refractivity contribution in [1.82, 2.24) is 5.32 Å². The van der Waals surface area contributed by atoms with Gasteiger partial charge in [0.15, 0.2) is 0 Å². The number of hydrogen-bond donors (Lipinski definition) is 1. The van der Waals surface area contributed by atoms with Gasteiger partial charge in [-0.2, -0.15) is 0 Å². The van der Waals surface area contributed by atoms with Gasteiger partial charge in [-0.15, -0.1) is 0 Å². The third-order valence-corrected chi connectivity index (χ3v) is 6.77. The highest BCUT2D eigenvalue weighted by Gasteiger charge is 2.29. The van der Waals surface area contributed by atoms with Crippen LogP contribution in [0.15, 0.2) is 77.7 Å². The number of halogens is 1. The molecule has 0 saturated heterocycles. The molecule has 0 saturated carbocycles. The lowest BCUT2D eigenvalue weighted by Crippen LogP contribution is -2.42. The molecule has 1 amide bonds. The van der Waals surface area contributed by atoms with Gasteiger partial charge in [0.25, 0.3) is 10.0 Å². The molecular formula is C24H25FN2O4S. The van der Waals surface area contributed by atoms with E-state index in [9.17, 15) is 17.6 Å². The Bertz CT molecular complexity index is 1200. The van der Waals surface area contributed by atoms with E-state index in [4.69, 9.17) is 4.74 Å². The van der Waals surface area contributed by atoms with E-state index >= 15 is 0 Å². The van der Waals surface area contributed by atoms with Crippen LogP contribution in [0.5, 0.6) is 5.75 Å². The molecule has 0 spiro atoms. The molecule has 0 aromatic heterocycles. The lowest BCUT2D eigenvalue weighted by Gasteiger charge is -2.25. The molecule has 6 nitrogen and oxygen atoms in total. The van der Waals surface area contributed by atoms with Gasteiger partial charge in [0.1, 0.15) is 18.1 Å². The van der Waals surface area contributed by atoms with Crippen molar-refractivity contribution in [2.24, 2.45) is 0 Å². The van der Waals surface area contributed by atoms with Crippen molar-refractivity contribution < 1.29 is 22.3 Å². The fourth-order valence-electron chi connectivity index (χ4n) is 3.31. The van der Waals surface area contributed by atoms with Crippen LogP contribution < -0.4 is 14.4 Å². The second-order valence-electron chi connectivity index (χ2n) is 7.31. The summed E-state index contributed by atoms with van der Waals surface area (Å²) in [4.78, 5) is 12.8. The van der Waals surface area contributed by atoms with E-state index in [1.165, 1.54) is 37.4 Å². The molecule has 3 aromatic rings. The Balaban J connectivity index is 1.92. The fraction of sp³-hybridized carbons (Fsp3) is 0.208. The zero-order chi connectivity index (χ0) is 23.3. The average Bonchev–Trinajstić information content (AvgIpc) is 2.78. The second-order valence-corrected chi connectivity index (χ2v) is 9.17. The minimum atomic E-state index is -4.19. The number of nitrogens with one attached hydrogen (secondary N) is 1. The molecule has 0 aliphatic rings. The molecule has 3 aromatic carbocycles. The van der Waals surface area contributed by atoms with E-state index in [-0.39, 0.29) is 10.6 Å². The van der Waals surface area contributed by atoms with Crippen molar-refractivity contribution in [3.63, 3.8) is 0 Å². The molecule has 0 heterocycles. The summed E-state index contributed by atoms with van der Waals surface area (Å²) in [6, 6.07) is 18.4. The molecule has 1 atom stereocenters. The Morgan fingerprint density at radius 2 is 1.66 bits per heavy atom. The van der Waals surface area contributed by atoms with E-state index < -0.39 is 34.3 Å². The average molecular weight is 457 g/mol. The molecule has 32 heavy (non-hydrogen) atoms. The van der Waals surface area contributed by atoms with Gasteiger partial charge < -0.3 is 10.1 Å². The Morgan fingerprint density at radius 3 is 2.31 bits per heavy atom. The monoisotopic (exact) mass is 456 g/mol. The largest absolute Gasteiger partial charge is 0.496 e. The van der Waals surface area contributed by atoms with E-state index in [2.05, 4.69) is 5.32 Å². The van der Waals surface area contributed by atoms with E-state index in [1.807, 2.05) is 25.1 Å². The van der Waals surface area contributed by atoms with Gasteiger partial charge in [-0.1, -0.05) is 48.0 Å². The lowest BCUT2D eigenvalue weighted by atomic mass is 10.1. The molecule has 8 heteroatoms. The van der Waals surface area contributed by atoms with Gasteiger partial charge in [0.2, 0.25) is 5.91 Å². The molecule has 0 aliphatic carbocycles. The van der Waals surface area contributed by atoms with Gasteiger partial charge in [0, 0.05) is 5.56 Å². The van der Waals surface area contributed by atoms with E-state index in [0.29, 0.717) is 5.75 Å². The van der Waals surface area contributed by atoms with Crippen molar-refractivity contribution in [3.05, 3.63) is 89.7 Å². The Labute approximate surface area is 187 Å². The number of para-hydroxylation sites is 2. The molecule has 0 radical (unpaired) electrons. The van der Waals surface area contributed by atoms with Crippen LogP contribution in [-0.4, -0.2) is 28.0 Å². The normalized spacial score (nSPS) is 12.1. The number of methoxy groups -OCH3 is 1. The van der Waals surface area contributed by atoms with Crippen molar-refractivity contribution in [2.75, 3.05) is 18.0 Å². The predicted octanol–water partition coefficient (Wildman–Crippen LogP) is 4.22. The van der Waals surface area contributed by atoms with Gasteiger partial charge in [-0.25, -0.2) is 12.8 Å². The van der Waals surface area contributed by atoms with Gasteiger partial charge in [-0.05, 0) is 44.2 Å². The smallest absolute Gasteiger partial charge is 0.264 e. The number of nitrogens with zero attached hydrogens (tertiary/aromatic N) is 1. The highest BCUT2D eigenvalue weighted by molar-refractivity contribution is 7.92. The number of rotatable bonds is 8. The first kappa shape index (κ1) is 23.3. The summed E-state index contributed by atoms with van der Waals surface area (Å²) >= 11 is 0. The molecule has 0 aliphatic heterocycles. The summed E-state index contributed by atoms with van der Waals surface area (Å²) in [6.45, 7) is 3.01. The molecule has 0 fully saturated rings. The molecule has 0 bridgehead atoms. The maximum Gasteiger partial charge on any atom is 0.264 e. The number of sulfonamides is 1. The SMILES string of the molecule is COc1ccccc1[C@H](C)NC(=O)CN(c1ccccc1F)S(=O)(=O)c1ccc(C)cc1. The van der Waals surface area contributed by atoms with Gasteiger partial charge in [0.05, 0.1) is 23.7 Å². The standard InChI is InChI=1S/C24H25FN2O4S/c1-17-12-14-19(15-13-17)32(29,30)27(22-10-6-5-9-21(22)25)16-24(28)26-18(2)20-8-4-7-11-23(20)31-3/h4-15,18H,16H2,1-3H3,(H,26,28)/t18-/m0/s1. The highest BCUT2D eigenvalue weighted by atomic mass is 32.2. The number of anilines is 1. The maximum absolute atomic E-state index is 14.6. The first-order valence-electron chi connectivity index (χ1n) is 10.00. The van der Waals surface area contributed by atoms with E-state index in [0.717, 1.165) is 21.5 Å². The summed E-state index contributed by atoms with van der Waals surface area (Å²) in [5.41, 5.74) is 1.42. The quantitative estimate of drug-likeness (QED) is 0.551. The topological polar surface area (TPSA) is 75.7 Å². The van der Waals surface area contributed by atoms with Crippen molar-refractivity contribution in [2.45, 2.75) is 24.8 Å². The van der Waals surface area contributed by atoms with Crippen LogP contribution in [0.25, 0.3) is 0 Å². The zero-order valence-corrected chi connectivity index (χ0v) is 18.9. The van der Waals surface area contributed by atoms with Crippen molar-refractivity contribution >= 4 is 21.6 Å². The second kappa shape index (κ2) is 9.82. The molecule has 168 valence electrons. The van der Waals surface area contributed by atoms with Gasteiger partial charge >= 0.3 is 0 Å². The van der Waals surface area contributed by atoms with Crippen molar-refractivity contribution in [3.8, 4) is 5.75 Å². The van der Waals surface area contributed by atoms with Crippen LogP contribution >= 0.6 is 0 Å². The number of carbonyl (C=O) groups excluding carboxylic acids is 1. The number of aryl methyl sites for hydroxylation is 1. The predicted molar refractivity (Wildman–Crippen MR) is 122 cm³/mol. The summed E-state index contributed by atoms with van der Waals surface area (Å²) < 4.78 is 47.4. The number of hydrogen-bond acceptors (Lipinski definition) is 4. The van der Waals surface area contributed by atoms with Crippen LogP contribution in [-0.2, 0) is 14.8 Å². The fourth-order valence-corrected chi connectivity index (χ4v) is 4.74. The van der Waals surface area contributed by atoms with Crippen LogP contribution in [0.4, 0.5) is 10.1 Å². The summed E-state index contributed by atoms with van der Waals surface area (Å²) in [6.07, 6.45) is 0. The zero-order valence-electron chi connectivity index (χ0n) is 18.1. The van der Waals surface area contributed by atoms with Crippen LogP contribution in [0, 0.1) is 12.7 Å². The summed E-state index contributed by atoms with van der Waals surface area (Å²) in [5, 5.41) is 2.78. The first-order chi connectivity index (χ1) is 15.2. The van der Waals surface area contributed by atoms with Gasteiger partial charge in [-0.3, -0.25) is 9.10 Å². The molecule has 1 N–H and O–H groups in total. The van der Waals surface area contributed by atoms with Crippen molar-refractivity contribution in [1.29, 1.82) is 0 Å². The third-order valence-electron chi connectivity index (χ3n) is 5.00. The molecule has 3 rings (SSSR count). The van der Waals surface area contributed by atoms with E-state index in [1.54, 1.807) is 25.1 Å². The first-order valence-corrected chi connectivity index (χ1v) is 11.4. The highest BCUT2D eigenvalue weighted by Crippen LogP contribution is 2.27. The van der Waals surface area contributed by atoms with Crippen LogP contribution in [0.3, 0.4) is 0 Å². The number of ether oxygens (including phenoxy) is 1. The Kier molecular flexibility index (Phi) is 7.15. The summed E-state index contributed by atoms with van der Waals surface area (Å²) in [7, 11) is -2.66. The lowest BCUT2D eigenvalue weighted by molar-refractivity contribution is -0.120. The molecular weight excluding hydrogens is 431 g/mol. The van der Waals surface area contributed by atoms with Crippen LogP contribution in [0.1, 0.15) is 24.1 Å². The number of benzene rings is 3. The molecule has 0 unspecified atom stereocenters. The summed E-state index contributed by atoms with van der Waals surface area (Å²) in [5.74, 6) is -0.727.